The summed E-state index contributed by atoms with van der Waals surface area (Å²) >= 11 is 0. The van der Waals surface area contributed by atoms with Gasteiger partial charge >= 0.3 is 0 Å². The molecule has 0 amide bonds. The van der Waals surface area contributed by atoms with Crippen LogP contribution in [0.4, 0.5) is 11.4 Å². The summed E-state index contributed by atoms with van der Waals surface area (Å²) in [6, 6.07) is 12.1. The Morgan fingerprint density at radius 2 is 1.67 bits per heavy atom. The number of rotatable bonds is 4. The second kappa shape index (κ2) is 6.20. The molecule has 0 radical (unpaired) electrons. The molecule has 24 heavy (non-hydrogen) atoms. The van der Waals surface area contributed by atoms with Crippen LogP contribution in [0.1, 0.15) is 12.6 Å². The molecule has 0 aliphatic carbocycles. The fraction of sp³-hybridized carbons (Fsp3) is 0.0952. The van der Waals surface area contributed by atoms with E-state index in [0.29, 0.717) is 0 Å². The highest BCUT2D eigenvalue weighted by atomic mass is 15.0. The first-order valence-corrected chi connectivity index (χ1v) is 8.00. The molecule has 0 aliphatic heterocycles. The molecule has 0 bridgehead atoms. The van der Waals surface area contributed by atoms with Gasteiger partial charge in [0.25, 0.3) is 0 Å². The quantitative estimate of drug-likeness (QED) is 0.328. The number of nitrogen functional groups attached to an aromatic ring is 2. The van der Waals surface area contributed by atoms with Gasteiger partial charge in [0.1, 0.15) is 6.54 Å². The molecule has 0 saturated heterocycles. The van der Waals surface area contributed by atoms with Crippen molar-refractivity contribution in [3.63, 3.8) is 0 Å². The summed E-state index contributed by atoms with van der Waals surface area (Å²) in [5.41, 5.74) is 16.8. The van der Waals surface area contributed by atoms with Gasteiger partial charge in [-0.15, -0.1) is 0 Å². The Labute approximate surface area is 142 Å². The second-order valence-corrected chi connectivity index (χ2v) is 5.74. The van der Waals surface area contributed by atoms with E-state index in [-0.39, 0.29) is 0 Å². The number of aromatic nitrogens is 1. The Morgan fingerprint density at radius 3 is 2.29 bits per heavy atom. The highest BCUT2D eigenvalue weighted by Crippen LogP contribution is 2.31. The minimum atomic E-state index is 0.739. The molecule has 3 heteroatoms. The van der Waals surface area contributed by atoms with Crippen molar-refractivity contribution in [3.8, 4) is 0 Å². The van der Waals surface area contributed by atoms with Gasteiger partial charge in [0.05, 0.1) is 10.8 Å². The normalized spacial score (nSPS) is 11.8. The molecule has 0 saturated carbocycles. The van der Waals surface area contributed by atoms with E-state index in [2.05, 4.69) is 36.8 Å². The lowest BCUT2D eigenvalue weighted by molar-refractivity contribution is -0.668. The molecule has 0 spiro atoms. The molecule has 3 aromatic rings. The summed E-state index contributed by atoms with van der Waals surface area (Å²) < 4.78 is 2.25. The second-order valence-electron chi connectivity index (χ2n) is 5.74. The van der Waals surface area contributed by atoms with Crippen LogP contribution in [-0.2, 0) is 6.54 Å². The van der Waals surface area contributed by atoms with E-state index in [1.54, 1.807) is 6.08 Å². The average Bonchev–Trinajstić information content (AvgIpc) is 2.58. The Bertz CT molecular complexity index is 997. The molecule has 1 aromatic heterocycles. The lowest BCUT2D eigenvalue weighted by atomic mass is 9.98. The first-order valence-electron chi connectivity index (χ1n) is 8.00. The molecular formula is C21H22N3+. The number of nitrogens with zero attached hydrogens (tertiary/aromatic N) is 1. The lowest BCUT2D eigenvalue weighted by Crippen LogP contribution is -2.38. The molecule has 0 atom stereocenters. The zero-order valence-electron chi connectivity index (χ0n) is 13.9. The van der Waals surface area contributed by atoms with E-state index >= 15 is 0 Å². The fourth-order valence-electron chi connectivity index (χ4n) is 3.27. The van der Waals surface area contributed by atoms with Gasteiger partial charge in [0.15, 0.2) is 0 Å². The first-order chi connectivity index (χ1) is 11.6. The van der Waals surface area contributed by atoms with Crippen LogP contribution in [0.2, 0.25) is 0 Å². The van der Waals surface area contributed by atoms with Gasteiger partial charge in [0, 0.05) is 28.4 Å². The van der Waals surface area contributed by atoms with Gasteiger partial charge in [-0.1, -0.05) is 31.4 Å². The fourth-order valence-corrected chi connectivity index (χ4v) is 3.27. The van der Waals surface area contributed by atoms with Crippen LogP contribution in [0.3, 0.4) is 0 Å². The molecule has 120 valence electrons. The minimum absolute atomic E-state index is 0.739. The molecular weight excluding hydrogens is 294 g/mol. The monoisotopic (exact) mass is 316 g/mol. The smallest absolute Gasteiger partial charge is 0.220 e. The number of anilines is 2. The van der Waals surface area contributed by atoms with Crippen molar-refractivity contribution in [2.75, 3.05) is 11.5 Å². The van der Waals surface area contributed by atoms with Crippen molar-refractivity contribution < 1.29 is 4.57 Å². The molecule has 0 aliphatic rings. The van der Waals surface area contributed by atoms with Crippen molar-refractivity contribution in [2.24, 2.45) is 0 Å². The third kappa shape index (κ3) is 2.44. The Kier molecular flexibility index (Phi) is 4.09. The maximum absolute atomic E-state index is 6.07. The molecule has 4 N–H and O–H groups in total. The number of pyridine rings is 1. The zero-order valence-corrected chi connectivity index (χ0v) is 13.9. The first kappa shape index (κ1) is 15.8. The van der Waals surface area contributed by atoms with Crippen LogP contribution >= 0.6 is 0 Å². The Balaban J connectivity index is 2.63. The number of nitrogens with two attached hydrogens (primary N) is 2. The van der Waals surface area contributed by atoms with Crippen LogP contribution < -0.4 is 16.0 Å². The predicted octanol–water partition coefficient (Wildman–Crippen LogP) is 4.22. The third-order valence-corrected chi connectivity index (χ3v) is 4.28. The number of fused-ring (bicyclic) bond motifs is 3. The van der Waals surface area contributed by atoms with Crippen molar-refractivity contribution >= 4 is 38.6 Å². The molecule has 2 aromatic carbocycles. The van der Waals surface area contributed by atoms with E-state index < -0.39 is 0 Å². The average molecular weight is 316 g/mol. The lowest BCUT2D eigenvalue weighted by Gasteiger charge is -2.12. The largest absolute Gasteiger partial charge is 0.399 e. The Morgan fingerprint density at radius 1 is 1.00 bits per heavy atom. The number of benzene rings is 2. The highest BCUT2D eigenvalue weighted by molar-refractivity contribution is 6.09. The number of aryl methyl sites for hydroxylation is 1. The topological polar surface area (TPSA) is 55.9 Å². The van der Waals surface area contributed by atoms with Crippen LogP contribution in [0, 0.1) is 0 Å². The summed E-state index contributed by atoms with van der Waals surface area (Å²) in [6.07, 6.45) is 5.60. The maximum Gasteiger partial charge on any atom is 0.220 e. The van der Waals surface area contributed by atoms with E-state index in [0.717, 1.165) is 50.9 Å². The molecule has 0 unspecified atom stereocenters. The zero-order chi connectivity index (χ0) is 17.3. The van der Waals surface area contributed by atoms with Crippen molar-refractivity contribution in [1.82, 2.24) is 0 Å². The summed E-state index contributed by atoms with van der Waals surface area (Å²) in [4.78, 5) is 0. The van der Waals surface area contributed by atoms with Gasteiger partial charge in [-0.25, -0.2) is 0 Å². The Hall–Kier alpha value is -3.07. The molecule has 3 rings (SSSR count). The molecule has 0 fully saturated rings. The summed E-state index contributed by atoms with van der Waals surface area (Å²) in [6.45, 7) is 10.7. The van der Waals surface area contributed by atoms with E-state index in [1.807, 2.05) is 36.4 Å². The van der Waals surface area contributed by atoms with Gasteiger partial charge in [0.2, 0.25) is 11.2 Å². The number of hydrogen-bond acceptors (Lipinski definition) is 2. The van der Waals surface area contributed by atoms with Crippen LogP contribution in [0.25, 0.3) is 27.2 Å². The van der Waals surface area contributed by atoms with Gasteiger partial charge in [-0.2, -0.15) is 4.57 Å². The van der Waals surface area contributed by atoms with Crippen LogP contribution in [-0.4, -0.2) is 0 Å². The van der Waals surface area contributed by atoms with E-state index in [4.69, 9.17) is 11.5 Å². The van der Waals surface area contributed by atoms with Gasteiger partial charge < -0.3 is 11.5 Å². The van der Waals surface area contributed by atoms with Crippen LogP contribution in [0.5, 0.6) is 0 Å². The summed E-state index contributed by atoms with van der Waals surface area (Å²) in [5.74, 6) is 0. The number of hydrogen-bond donors (Lipinski definition) is 2. The van der Waals surface area contributed by atoms with Gasteiger partial charge in [-0.3, -0.25) is 0 Å². The standard InChI is InChI=1S/C21H21N3/c1-4-7-14(5-2)21-19-12-15(22)8-10-17(19)18-11-9-16(23)13-20(18)24(21)6-3/h4-5,7-13,23H,1-2,6,22H2,3H3/p+1/b14-7+. The van der Waals surface area contributed by atoms with Crippen molar-refractivity contribution in [2.45, 2.75) is 13.5 Å². The van der Waals surface area contributed by atoms with Crippen molar-refractivity contribution in [3.05, 3.63) is 73.5 Å². The predicted molar refractivity (Wildman–Crippen MR) is 105 cm³/mol. The van der Waals surface area contributed by atoms with E-state index in [1.165, 1.54) is 0 Å². The highest BCUT2D eigenvalue weighted by Gasteiger charge is 2.22. The third-order valence-electron chi connectivity index (χ3n) is 4.28. The number of allylic oxidation sites excluding steroid dienone is 4. The van der Waals surface area contributed by atoms with Gasteiger partial charge in [-0.05, 0) is 37.3 Å². The van der Waals surface area contributed by atoms with Crippen molar-refractivity contribution in [1.29, 1.82) is 0 Å². The summed E-state index contributed by atoms with van der Waals surface area (Å²) in [5, 5.41) is 3.41. The summed E-state index contributed by atoms with van der Waals surface area (Å²) in [7, 11) is 0. The van der Waals surface area contributed by atoms with Crippen LogP contribution in [0.15, 0.2) is 67.8 Å². The maximum atomic E-state index is 6.07. The molecule has 1 heterocycles. The SMILES string of the molecule is C=C/C=C(\C=C)c1c2cc(N)ccc2c2ccc(N)cc2[n+]1CC. The minimum Gasteiger partial charge on any atom is -0.399 e. The van der Waals surface area contributed by atoms with E-state index in [9.17, 15) is 0 Å². The molecule has 3 nitrogen and oxygen atoms in total.